The van der Waals surface area contributed by atoms with E-state index in [-0.39, 0.29) is 6.04 Å². The van der Waals surface area contributed by atoms with Crippen LogP contribution in [0.3, 0.4) is 0 Å². The van der Waals surface area contributed by atoms with Gasteiger partial charge in [-0.05, 0) is 34.4 Å². The van der Waals surface area contributed by atoms with E-state index in [9.17, 15) is 0 Å². The molecule has 0 aromatic carbocycles. The Bertz CT molecular complexity index is 156. The molecule has 0 aliphatic heterocycles. The van der Waals surface area contributed by atoms with E-state index in [1.54, 1.807) is 0 Å². The third-order valence-corrected chi connectivity index (χ3v) is 2.68. The summed E-state index contributed by atoms with van der Waals surface area (Å²) in [6, 6.07) is 0.786. The van der Waals surface area contributed by atoms with Crippen molar-refractivity contribution in [2.24, 2.45) is 0 Å². The molecule has 0 aliphatic carbocycles. The van der Waals surface area contributed by atoms with E-state index in [4.69, 9.17) is 5.41 Å². The third kappa shape index (κ3) is 4.39. The quantitative estimate of drug-likeness (QED) is 0.613. The van der Waals surface area contributed by atoms with Crippen LogP contribution in [0.4, 0.5) is 0 Å². The molecule has 0 amide bonds. The Morgan fingerprint density at radius 1 is 1.54 bits per heavy atom. The van der Waals surface area contributed by atoms with E-state index in [2.05, 4.69) is 31.1 Å². The second kappa shape index (κ2) is 6.11. The number of nitrogens with one attached hydrogen (secondary N) is 2. The van der Waals surface area contributed by atoms with Crippen LogP contribution in [0.15, 0.2) is 0 Å². The van der Waals surface area contributed by atoms with Crippen LogP contribution in [0.2, 0.25) is 0 Å². The van der Waals surface area contributed by atoms with Gasteiger partial charge in [0.1, 0.15) is 0 Å². The smallest absolute Gasteiger partial charge is 0.0572 e. The van der Waals surface area contributed by atoms with Gasteiger partial charge in [-0.2, -0.15) is 0 Å². The molecule has 0 rings (SSSR count). The van der Waals surface area contributed by atoms with Gasteiger partial charge in [0.25, 0.3) is 0 Å². The summed E-state index contributed by atoms with van der Waals surface area (Å²) in [5, 5.41) is 10.7. The normalized spacial score (nSPS) is 15.8. The molecule has 0 aromatic heterocycles. The van der Waals surface area contributed by atoms with Gasteiger partial charge in [0.15, 0.2) is 0 Å². The maximum absolute atomic E-state index is 7.55. The highest BCUT2D eigenvalue weighted by atomic mass is 15.1. The molecule has 2 N–H and O–H groups in total. The molecule has 0 saturated heterocycles. The Kier molecular flexibility index (Phi) is 5.91. The average molecular weight is 185 g/mol. The highest BCUT2D eigenvalue weighted by Crippen LogP contribution is 2.01. The predicted molar refractivity (Wildman–Crippen MR) is 58.6 cm³/mol. The zero-order valence-electron chi connectivity index (χ0n) is 9.52. The molecule has 3 heteroatoms. The summed E-state index contributed by atoms with van der Waals surface area (Å²) in [6.07, 6.45) is 1.16. The van der Waals surface area contributed by atoms with E-state index in [1.165, 1.54) is 0 Å². The lowest BCUT2D eigenvalue weighted by Gasteiger charge is -2.27. The van der Waals surface area contributed by atoms with Crippen LogP contribution in [0.5, 0.6) is 0 Å². The van der Waals surface area contributed by atoms with Crippen LogP contribution in [-0.4, -0.2) is 43.3 Å². The maximum Gasteiger partial charge on any atom is 0.0572 e. The first-order valence-corrected chi connectivity index (χ1v) is 4.95. The number of rotatable bonds is 6. The summed E-state index contributed by atoms with van der Waals surface area (Å²) in [5.74, 6) is 0. The topological polar surface area (TPSA) is 39.1 Å². The molecule has 0 bridgehead atoms. The molecular formula is C10H23N3. The molecule has 0 aliphatic rings. The van der Waals surface area contributed by atoms with Crippen molar-refractivity contribution in [1.29, 1.82) is 5.41 Å². The van der Waals surface area contributed by atoms with Crippen molar-refractivity contribution in [2.75, 3.05) is 20.6 Å². The summed E-state index contributed by atoms with van der Waals surface area (Å²) in [4.78, 5) is 2.29. The summed E-state index contributed by atoms with van der Waals surface area (Å²) in [6.45, 7) is 7.17. The van der Waals surface area contributed by atoms with Gasteiger partial charge in [-0.1, -0.05) is 6.92 Å². The number of likely N-dealkylation sites (N-methyl/N-ethyl adjacent to an activating group) is 2. The van der Waals surface area contributed by atoms with Gasteiger partial charge in [0.2, 0.25) is 0 Å². The SMILES string of the molecule is CCC(C)N(C)CC(NC)C(C)=N. The fourth-order valence-electron chi connectivity index (χ4n) is 1.22. The molecule has 0 saturated carbocycles. The number of hydrogen-bond acceptors (Lipinski definition) is 3. The van der Waals surface area contributed by atoms with Crippen molar-refractivity contribution in [2.45, 2.75) is 39.3 Å². The van der Waals surface area contributed by atoms with Crippen LogP contribution in [0, 0.1) is 5.41 Å². The highest BCUT2D eigenvalue weighted by molar-refractivity contribution is 5.84. The zero-order valence-corrected chi connectivity index (χ0v) is 9.52. The molecule has 0 aromatic rings. The largest absolute Gasteiger partial charge is 0.311 e. The Labute approximate surface area is 82.0 Å². The Hall–Kier alpha value is -0.410. The second-order valence-electron chi connectivity index (χ2n) is 3.72. The van der Waals surface area contributed by atoms with Crippen LogP contribution >= 0.6 is 0 Å². The van der Waals surface area contributed by atoms with Gasteiger partial charge in [-0.25, -0.2) is 0 Å². The third-order valence-electron chi connectivity index (χ3n) is 2.68. The van der Waals surface area contributed by atoms with Crippen LogP contribution in [0.25, 0.3) is 0 Å². The molecule has 2 atom stereocenters. The first-order valence-electron chi connectivity index (χ1n) is 4.95. The van der Waals surface area contributed by atoms with Crippen molar-refractivity contribution in [3.63, 3.8) is 0 Å². The fraction of sp³-hybridized carbons (Fsp3) is 0.900. The molecular weight excluding hydrogens is 162 g/mol. The Morgan fingerprint density at radius 2 is 2.08 bits per heavy atom. The van der Waals surface area contributed by atoms with Crippen LogP contribution < -0.4 is 5.32 Å². The lowest BCUT2D eigenvalue weighted by atomic mass is 10.1. The molecule has 3 nitrogen and oxygen atoms in total. The van der Waals surface area contributed by atoms with Gasteiger partial charge in [0.05, 0.1) is 6.04 Å². The van der Waals surface area contributed by atoms with Gasteiger partial charge >= 0.3 is 0 Å². The lowest BCUT2D eigenvalue weighted by molar-refractivity contribution is 0.243. The van der Waals surface area contributed by atoms with Gasteiger partial charge in [-0.3, -0.25) is 0 Å². The summed E-state index contributed by atoms with van der Waals surface area (Å²) < 4.78 is 0. The Balaban J connectivity index is 4.00. The highest BCUT2D eigenvalue weighted by Gasteiger charge is 2.14. The molecule has 2 unspecified atom stereocenters. The first-order chi connectivity index (χ1) is 6.02. The minimum Gasteiger partial charge on any atom is -0.311 e. The summed E-state index contributed by atoms with van der Waals surface area (Å²) >= 11 is 0. The first kappa shape index (κ1) is 12.6. The van der Waals surface area contributed by atoms with Crippen LogP contribution in [0.1, 0.15) is 27.2 Å². The van der Waals surface area contributed by atoms with Crippen molar-refractivity contribution in [3.8, 4) is 0 Å². The van der Waals surface area contributed by atoms with Crippen molar-refractivity contribution in [1.82, 2.24) is 10.2 Å². The monoisotopic (exact) mass is 185 g/mol. The molecule has 0 spiro atoms. The molecule has 0 radical (unpaired) electrons. The average Bonchev–Trinajstić information content (AvgIpc) is 2.11. The summed E-state index contributed by atoms with van der Waals surface area (Å²) in [5.41, 5.74) is 0.706. The second-order valence-corrected chi connectivity index (χ2v) is 3.72. The van der Waals surface area contributed by atoms with E-state index in [0.717, 1.165) is 13.0 Å². The molecule has 78 valence electrons. The van der Waals surface area contributed by atoms with Crippen molar-refractivity contribution in [3.05, 3.63) is 0 Å². The van der Waals surface area contributed by atoms with Gasteiger partial charge in [-0.15, -0.1) is 0 Å². The van der Waals surface area contributed by atoms with E-state index in [1.807, 2.05) is 14.0 Å². The van der Waals surface area contributed by atoms with Crippen molar-refractivity contribution >= 4 is 5.71 Å². The summed E-state index contributed by atoms with van der Waals surface area (Å²) in [7, 11) is 4.02. The van der Waals surface area contributed by atoms with E-state index < -0.39 is 0 Å². The molecule has 13 heavy (non-hydrogen) atoms. The minimum absolute atomic E-state index is 0.194. The lowest BCUT2D eigenvalue weighted by Crippen LogP contribution is -2.44. The zero-order chi connectivity index (χ0) is 10.4. The van der Waals surface area contributed by atoms with Crippen LogP contribution in [-0.2, 0) is 0 Å². The van der Waals surface area contributed by atoms with E-state index >= 15 is 0 Å². The van der Waals surface area contributed by atoms with E-state index in [0.29, 0.717) is 11.8 Å². The standard InChI is InChI=1S/C10H23N3/c1-6-8(2)13(5)7-10(12-4)9(3)11/h8,10-12H,6-7H2,1-5H3. The number of nitrogens with zero attached hydrogens (tertiary/aromatic N) is 1. The molecule has 0 fully saturated rings. The Morgan fingerprint density at radius 3 is 2.38 bits per heavy atom. The molecule has 0 heterocycles. The van der Waals surface area contributed by atoms with Gasteiger partial charge in [0, 0.05) is 18.3 Å². The predicted octanol–water partition coefficient (Wildman–Crippen LogP) is 1.34. The minimum atomic E-state index is 0.194. The van der Waals surface area contributed by atoms with Gasteiger partial charge < -0.3 is 15.6 Å². The maximum atomic E-state index is 7.55. The van der Waals surface area contributed by atoms with Crippen molar-refractivity contribution < 1.29 is 0 Å². The number of hydrogen-bond donors (Lipinski definition) is 2. The fourth-order valence-corrected chi connectivity index (χ4v) is 1.22.